The molecule has 0 unspecified atom stereocenters. The van der Waals surface area contributed by atoms with Crippen LogP contribution < -0.4 is 5.32 Å². The summed E-state index contributed by atoms with van der Waals surface area (Å²) in [5.74, 6) is 6.55. The minimum atomic E-state index is 0.596. The molecule has 3 aromatic rings. The first kappa shape index (κ1) is 16.0. The highest BCUT2D eigenvalue weighted by molar-refractivity contribution is 5.80. The van der Waals surface area contributed by atoms with E-state index < -0.39 is 0 Å². The maximum absolute atomic E-state index is 4.58. The maximum Gasteiger partial charge on any atom is 0.227 e. The summed E-state index contributed by atoms with van der Waals surface area (Å²) < 4.78 is 0. The Labute approximate surface area is 142 Å². The molecule has 0 fully saturated rings. The summed E-state index contributed by atoms with van der Waals surface area (Å²) in [6.45, 7) is 2.73. The minimum Gasteiger partial charge on any atom is -0.324 e. The number of anilines is 2. The highest BCUT2D eigenvalue weighted by atomic mass is 15.1. The summed E-state index contributed by atoms with van der Waals surface area (Å²) in [5, 5.41) is 4.27. The van der Waals surface area contributed by atoms with Crippen LogP contribution in [-0.2, 0) is 6.54 Å². The van der Waals surface area contributed by atoms with Crippen molar-refractivity contribution in [2.45, 2.75) is 13.5 Å². The van der Waals surface area contributed by atoms with Crippen LogP contribution in [-0.4, -0.2) is 29.0 Å². The number of benzene rings is 2. The van der Waals surface area contributed by atoms with Gasteiger partial charge < -0.3 is 10.2 Å². The number of rotatable bonds is 4. The van der Waals surface area contributed by atoms with Crippen LogP contribution in [0.25, 0.3) is 10.9 Å². The summed E-state index contributed by atoms with van der Waals surface area (Å²) in [5.41, 5.74) is 4.11. The molecule has 0 radical (unpaired) electrons. The van der Waals surface area contributed by atoms with Crippen molar-refractivity contribution >= 4 is 22.5 Å². The van der Waals surface area contributed by atoms with E-state index in [1.807, 2.05) is 43.5 Å². The van der Waals surface area contributed by atoms with Gasteiger partial charge in [0.25, 0.3) is 0 Å². The van der Waals surface area contributed by atoms with Gasteiger partial charge >= 0.3 is 0 Å². The predicted octanol–water partition coefficient (Wildman–Crippen LogP) is 3.81. The number of hydrogen-bond donors (Lipinski definition) is 1. The fourth-order valence-electron chi connectivity index (χ4n) is 2.56. The molecule has 0 atom stereocenters. The zero-order valence-electron chi connectivity index (χ0n) is 14.2. The lowest BCUT2D eigenvalue weighted by Crippen LogP contribution is -2.10. The third kappa shape index (κ3) is 3.89. The van der Waals surface area contributed by atoms with Crippen LogP contribution in [0.1, 0.15) is 18.1 Å². The minimum absolute atomic E-state index is 0.596. The Kier molecular flexibility index (Phi) is 4.74. The Morgan fingerprint density at radius 2 is 2.00 bits per heavy atom. The first-order chi connectivity index (χ1) is 11.6. The van der Waals surface area contributed by atoms with Crippen LogP contribution in [0, 0.1) is 11.8 Å². The Balaban J connectivity index is 1.84. The molecule has 4 nitrogen and oxygen atoms in total. The van der Waals surface area contributed by atoms with Crippen LogP contribution in [0.5, 0.6) is 0 Å². The van der Waals surface area contributed by atoms with Crippen LogP contribution in [0.15, 0.2) is 48.7 Å². The van der Waals surface area contributed by atoms with E-state index in [0.29, 0.717) is 5.95 Å². The van der Waals surface area contributed by atoms with Gasteiger partial charge in [-0.2, -0.15) is 0 Å². The van der Waals surface area contributed by atoms with Gasteiger partial charge in [0.15, 0.2) is 0 Å². The average molecular weight is 316 g/mol. The topological polar surface area (TPSA) is 41.1 Å². The van der Waals surface area contributed by atoms with Crippen LogP contribution in [0.2, 0.25) is 0 Å². The number of fused-ring (bicyclic) bond motifs is 1. The standard InChI is InChI=1S/C20H20N4/c1-4-6-15-9-10-19-17(11-15)13-21-20(23-19)22-18-8-5-7-16(12-18)14-24(2)3/h5,7-13H,14H2,1-3H3,(H,21,22,23). The molecule has 3 rings (SSSR count). The monoisotopic (exact) mass is 316 g/mol. The highest BCUT2D eigenvalue weighted by Gasteiger charge is 2.03. The Morgan fingerprint density at radius 3 is 2.79 bits per heavy atom. The fraction of sp³-hybridized carbons (Fsp3) is 0.200. The van der Waals surface area contributed by atoms with E-state index in [1.54, 1.807) is 0 Å². The summed E-state index contributed by atoms with van der Waals surface area (Å²) in [4.78, 5) is 11.1. The lowest BCUT2D eigenvalue weighted by molar-refractivity contribution is 0.402. The highest BCUT2D eigenvalue weighted by Crippen LogP contribution is 2.19. The number of aromatic nitrogens is 2. The lowest BCUT2D eigenvalue weighted by atomic mass is 10.1. The van der Waals surface area contributed by atoms with Crippen molar-refractivity contribution in [2.75, 3.05) is 19.4 Å². The quantitative estimate of drug-likeness (QED) is 0.743. The van der Waals surface area contributed by atoms with Crippen molar-refractivity contribution in [3.8, 4) is 11.8 Å². The molecule has 0 saturated heterocycles. The van der Waals surface area contributed by atoms with E-state index >= 15 is 0 Å². The van der Waals surface area contributed by atoms with Gasteiger partial charge in [0.2, 0.25) is 5.95 Å². The van der Waals surface area contributed by atoms with E-state index in [0.717, 1.165) is 28.7 Å². The normalized spacial score (nSPS) is 10.5. The Bertz CT molecular complexity index is 920. The molecule has 0 bridgehead atoms. The zero-order valence-corrected chi connectivity index (χ0v) is 14.2. The molecule has 0 aliphatic rings. The largest absolute Gasteiger partial charge is 0.324 e. The summed E-state index contributed by atoms with van der Waals surface area (Å²) in [7, 11) is 4.12. The molecule has 2 aromatic carbocycles. The molecule has 0 aliphatic carbocycles. The molecule has 0 spiro atoms. The molecule has 0 saturated carbocycles. The van der Waals surface area contributed by atoms with Crippen molar-refractivity contribution in [3.05, 3.63) is 59.8 Å². The van der Waals surface area contributed by atoms with Gasteiger partial charge in [-0.25, -0.2) is 9.97 Å². The van der Waals surface area contributed by atoms with E-state index in [9.17, 15) is 0 Å². The second kappa shape index (κ2) is 7.12. The van der Waals surface area contributed by atoms with Gasteiger partial charge in [-0.1, -0.05) is 18.1 Å². The van der Waals surface area contributed by atoms with Crippen molar-refractivity contribution in [1.29, 1.82) is 0 Å². The average Bonchev–Trinajstić information content (AvgIpc) is 2.55. The Morgan fingerprint density at radius 1 is 1.12 bits per heavy atom. The predicted molar refractivity (Wildman–Crippen MR) is 99.2 cm³/mol. The van der Waals surface area contributed by atoms with Gasteiger partial charge in [0, 0.05) is 29.4 Å². The number of nitrogens with one attached hydrogen (secondary N) is 1. The second-order valence-electron chi connectivity index (χ2n) is 5.91. The molecule has 0 amide bonds. The molecular weight excluding hydrogens is 296 g/mol. The van der Waals surface area contributed by atoms with Crippen molar-refractivity contribution in [2.24, 2.45) is 0 Å². The first-order valence-electron chi connectivity index (χ1n) is 7.84. The number of nitrogens with zero attached hydrogens (tertiary/aromatic N) is 3. The molecule has 1 N–H and O–H groups in total. The van der Waals surface area contributed by atoms with Crippen LogP contribution in [0.4, 0.5) is 11.6 Å². The lowest BCUT2D eigenvalue weighted by Gasteiger charge is -2.11. The van der Waals surface area contributed by atoms with Crippen molar-refractivity contribution in [3.63, 3.8) is 0 Å². The third-order valence-corrected chi connectivity index (χ3v) is 3.53. The molecule has 120 valence electrons. The maximum atomic E-state index is 4.58. The van der Waals surface area contributed by atoms with Gasteiger partial charge in [0.05, 0.1) is 5.52 Å². The van der Waals surface area contributed by atoms with Crippen molar-refractivity contribution < 1.29 is 0 Å². The third-order valence-electron chi connectivity index (χ3n) is 3.53. The zero-order chi connectivity index (χ0) is 16.9. The number of hydrogen-bond acceptors (Lipinski definition) is 4. The summed E-state index contributed by atoms with van der Waals surface area (Å²) >= 11 is 0. The van der Waals surface area contributed by atoms with Gasteiger partial charge in [0.1, 0.15) is 0 Å². The molecule has 0 aliphatic heterocycles. The molecular formula is C20H20N4. The van der Waals surface area contributed by atoms with Crippen molar-refractivity contribution in [1.82, 2.24) is 14.9 Å². The molecule has 4 heteroatoms. The van der Waals surface area contributed by atoms with Gasteiger partial charge in [-0.05, 0) is 56.9 Å². The smallest absolute Gasteiger partial charge is 0.227 e. The van der Waals surface area contributed by atoms with E-state index in [4.69, 9.17) is 0 Å². The Hall–Kier alpha value is -2.90. The molecule has 24 heavy (non-hydrogen) atoms. The van der Waals surface area contributed by atoms with Gasteiger partial charge in [-0.15, -0.1) is 5.92 Å². The van der Waals surface area contributed by atoms with E-state index in [2.05, 4.69) is 58.3 Å². The summed E-state index contributed by atoms with van der Waals surface area (Å²) in [6, 6.07) is 14.3. The van der Waals surface area contributed by atoms with Crippen LogP contribution in [0.3, 0.4) is 0 Å². The summed E-state index contributed by atoms with van der Waals surface area (Å²) in [6.07, 6.45) is 1.83. The van der Waals surface area contributed by atoms with E-state index in [-0.39, 0.29) is 0 Å². The first-order valence-corrected chi connectivity index (χ1v) is 7.84. The second-order valence-corrected chi connectivity index (χ2v) is 5.91. The van der Waals surface area contributed by atoms with Gasteiger partial charge in [-0.3, -0.25) is 0 Å². The van der Waals surface area contributed by atoms with Crippen LogP contribution >= 0.6 is 0 Å². The SMILES string of the molecule is CC#Cc1ccc2nc(Nc3cccc(CN(C)C)c3)ncc2c1. The molecule has 1 heterocycles. The van der Waals surface area contributed by atoms with E-state index in [1.165, 1.54) is 5.56 Å². The molecule has 1 aromatic heterocycles. The fourth-order valence-corrected chi connectivity index (χ4v) is 2.56.